The number of nitrogens with one attached hydrogen (secondary N) is 1. The molecule has 0 aromatic carbocycles. The molecule has 0 fully saturated rings. The first kappa shape index (κ1) is 13.0. The topological polar surface area (TPSA) is 39.1 Å². The van der Waals surface area contributed by atoms with Gasteiger partial charge in [0.1, 0.15) is 0 Å². The lowest BCUT2D eigenvalue weighted by Crippen LogP contribution is -2.19. The molecule has 1 atom stereocenters. The highest BCUT2D eigenvalue weighted by Crippen LogP contribution is 2.19. The third-order valence-corrected chi connectivity index (χ3v) is 2.49. The number of hydrogen-bond acceptors (Lipinski definition) is 3. The van der Waals surface area contributed by atoms with E-state index in [-0.39, 0.29) is 0 Å². The third-order valence-electron chi connectivity index (χ3n) is 2.49. The van der Waals surface area contributed by atoms with Crippen LogP contribution in [0.5, 0.6) is 0 Å². The lowest BCUT2D eigenvalue weighted by atomic mass is 10.2. The highest BCUT2D eigenvalue weighted by molar-refractivity contribution is 5.30. The molecule has 1 heterocycles. The van der Waals surface area contributed by atoms with Crippen LogP contribution in [-0.2, 0) is 4.74 Å². The van der Waals surface area contributed by atoms with E-state index in [1.807, 2.05) is 6.92 Å². The van der Waals surface area contributed by atoms with Crippen molar-refractivity contribution >= 4 is 5.95 Å². The zero-order valence-electron chi connectivity index (χ0n) is 10.9. The Bertz CT molecular complexity index is 320. The van der Waals surface area contributed by atoms with Gasteiger partial charge >= 0.3 is 0 Å². The van der Waals surface area contributed by atoms with E-state index in [9.17, 15) is 0 Å². The SMILES string of the molecule is CCC(COC)n1cc(C)nc1NC(C)C. The van der Waals surface area contributed by atoms with Gasteiger partial charge in [-0.3, -0.25) is 0 Å². The van der Waals surface area contributed by atoms with Gasteiger partial charge in [0.05, 0.1) is 18.3 Å². The number of anilines is 1. The highest BCUT2D eigenvalue weighted by atomic mass is 16.5. The van der Waals surface area contributed by atoms with Crippen LogP contribution in [0, 0.1) is 6.92 Å². The summed E-state index contributed by atoms with van der Waals surface area (Å²) in [5, 5.41) is 3.36. The number of aryl methyl sites for hydroxylation is 1. The van der Waals surface area contributed by atoms with Crippen LogP contribution in [0.1, 0.15) is 38.9 Å². The minimum Gasteiger partial charge on any atom is -0.383 e. The highest BCUT2D eigenvalue weighted by Gasteiger charge is 2.14. The Morgan fingerprint density at radius 1 is 1.50 bits per heavy atom. The third kappa shape index (κ3) is 3.23. The molecule has 1 unspecified atom stereocenters. The quantitative estimate of drug-likeness (QED) is 0.809. The molecule has 0 bridgehead atoms. The molecule has 0 spiro atoms. The van der Waals surface area contributed by atoms with E-state index >= 15 is 0 Å². The first-order chi connectivity index (χ1) is 7.58. The van der Waals surface area contributed by atoms with Gasteiger partial charge in [0.15, 0.2) is 0 Å². The van der Waals surface area contributed by atoms with Crippen molar-refractivity contribution in [1.29, 1.82) is 0 Å². The summed E-state index contributed by atoms with van der Waals surface area (Å²) in [6.45, 7) is 9.13. The predicted molar refractivity (Wildman–Crippen MR) is 66.9 cm³/mol. The van der Waals surface area contributed by atoms with Crippen molar-refractivity contribution in [2.75, 3.05) is 19.0 Å². The minimum atomic E-state index is 0.354. The number of methoxy groups -OCH3 is 1. The Labute approximate surface area is 98.0 Å². The fraction of sp³-hybridized carbons (Fsp3) is 0.750. The van der Waals surface area contributed by atoms with Crippen LogP contribution >= 0.6 is 0 Å². The zero-order chi connectivity index (χ0) is 12.1. The zero-order valence-corrected chi connectivity index (χ0v) is 10.9. The standard InChI is InChI=1S/C12H23N3O/c1-6-11(8-16-5)15-7-10(4)14-12(15)13-9(2)3/h7,9,11H,6,8H2,1-5H3,(H,13,14). The molecule has 0 radical (unpaired) electrons. The van der Waals surface area contributed by atoms with Crippen molar-refractivity contribution in [2.45, 2.75) is 46.2 Å². The second kappa shape index (κ2) is 5.89. The summed E-state index contributed by atoms with van der Waals surface area (Å²) in [6, 6.07) is 0.744. The molecule has 1 N–H and O–H groups in total. The molecule has 4 nitrogen and oxygen atoms in total. The van der Waals surface area contributed by atoms with Gasteiger partial charge in [0.25, 0.3) is 0 Å². The van der Waals surface area contributed by atoms with Crippen molar-refractivity contribution < 1.29 is 4.74 Å². The molecule has 0 aliphatic carbocycles. The van der Waals surface area contributed by atoms with Crippen LogP contribution in [0.2, 0.25) is 0 Å². The summed E-state index contributed by atoms with van der Waals surface area (Å²) in [4.78, 5) is 4.50. The fourth-order valence-electron chi connectivity index (χ4n) is 1.75. The molecule has 92 valence electrons. The van der Waals surface area contributed by atoms with Gasteiger partial charge in [-0.05, 0) is 27.2 Å². The summed E-state index contributed by atoms with van der Waals surface area (Å²) in [6.07, 6.45) is 3.12. The molecule has 0 saturated heterocycles. The van der Waals surface area contributed by atoms with E-state index in [4.69, 9.17) is 4.74 Å². The van der Waals surface area contributed by atoms with Crippen molar-refractivity contribution in [1.82, 2.24) is 9.55 Å². The van der Waals surface area contributed by atoms with E-state index in [1.54, 1.807) is 7.11 Å². The normalized spacial score (nSPS) is 13.1. The first-order valence-corrected chi connectivity index (χ1v) is 5.89. The maximum atomic E-state index is 5.24. The van der Waals surface area contributed by atoms with Gasteiger partial charge in [-0.2, -0.15) is 0 Å². The fourth-order valence-corrected chi connectivity index (χ4v) is 1.75. The largest absolute Gasteiger partial charge is 0.383 e. The van der Waals surface area contributed by atoms with Gasteiger partial charge in [-0.1, -0.05) is 6.92 Å². The van der Waals surface area contributed by atoms with Crippen LogP contribution in [0.3, 0.4) is 0 Å². The summed E-state index contributed by atoms with van der Waals surface area (Å²) in [7, 11) is 1.74. The average molecular weight is 225 g/mol. The molecule has 0 amide bonds. The van der Waals surface area contributed by atoms with Crippen LogP contribution in [-0.4, -0.2) is 29.3 Å². The van der Waals surface area contributed by atoms with E-state index < -0.39 is 0 Å². The lowest BCUT2D eigenvalue weighted by Gasteiger charge is -2.19. The molecule has 16 heavy (non-hydrogen) atoms. The van der Waals surface area contributed by atoms with Crippen molar-refractivity contribution in [3.63, 3.8) is 0 Å². The van der Waals surface area contributed by atoms with Crippen LogP contribution in [0.4, 0.5) is 5.95 Å². The van der Waals surface area contributed by atoms with E-state index in [1.165, 1.54) is 0 Å². The Morgan fingerprint density at radius 2 is 2.19 bits per heavy atom. The van der Waals surface area contributed by atoms with Crippen LogP contribution < -0.4 is 5.32 Å². The number of rotatable bonds is 6. The Hall–Kier alpha value is -1.03. The number of hydrogen-bond donors (Lipinski definition) is 1. The summed E-state index contributed by atoms with van der Waals surface area (Å²) in [5.74, 6) is 0.941. The van der Waals surface area contributed by atoms with Gasteiger partial charge in [-0.15, -0.1) is 0 Å². The maximum absolute atomic E-state index is 5.24. The average Bonchev–Trinajstić information content (AvgIpc) is 2.55. The van der Waals surface area contributed by atoms with E-state index in [0.717, 1.165) is 24.7 Å². The monoisotopic (exact) mass is 225 g/mol. The Morgan fingerprint density at radius 3 is 2.69 bits per heavy atom. The van der Waals surface area contributed by atoms with Crippen LogP contribution in [0.25, 0.3) is 0 Å². The molecular weight excluding hydrogens is 202 g/mol. The van der Waals surface area contributed by atoms with E-state index in [0.29, 0.717) is 12.1 Å². The summed E-state index contributed by atoms with van der Waals surface area (Å²) in [5.41, 5.74) is 1.04. The number of ether oxygens (including phenoxy) is 1. The molecular formula is C12H23N3O. The summed E-state index contributed by atoms with van der Waals surface area (Å²) >= 11 is 0. The second-order valence-electron chi connectivity index (χ2n) is 4.43. The number of imidazole rings is 1. The molecule has 0 aliphatic heterocycles. The van der Waals surface area contributed by atoms with E-state index in [2.05, 4.69) is 41.8 Å². The molecule has 1 aromatic heterocycles. The predicted octanol–water partition coefficient (Wildman–Crippen LogP) is 2.61. The smallest absolute Gasteiger partial charge is 0.203 e. The lowest BCUT2D eigenvalue weighted by molar-refractivity contribution is 0.154. The molecule has 0 aliphatic rings. The van der Waals surface area contributed by atoms with Crippen molar-refractivity contribution in [3.8, 4) is 0 Å². The summed E-state index contributed by atoms with van der Waals surface area (Å²) < 4.78 is 7.42. The second-order valence-corrected chi connectivity index (χ2v) is 4.43. The maximum Gasteiger partial charge on any atom is 0.203 e. The van der Waals surface area contributed by atoms with Gasteiger partial charge < -0.3 is 14.6 Å². The van der Waals surface area contributed by atoms with Crippen molar-refractivity contribution in [3.05, 3.63) is 11.9 Å². The Kier molecular flexibility index (Phi) is 4.80. The van der Waals surface area contributed by atoms with Gasteiger partial charge in [0, 0.05) is 19.3 Å². The molecule has 4 heteroatoms. The minimum absolute atomic E-state index is 0.354. The van der Waals surface area contributed by atoms with Crippen LogP contribution in [0.15, 0.2) is 6.20 Å². The molecule has 0 saturated carbocycles. The number of nitrogens with zero attached hydrogens (tertiary/aromatic N) is 2. The van der Waals surface area contributed by atoms with Crippen molar-refractivity contribution in [2.24, 2.45) is 0 Å². The Balaban J connectivity index is 2.91. The molecule has 1 aromatic rings. The number of aromatic nitrogens is 2. The molecule has 1 rings (SSSR count). The van der Waals surface area contributed by atoms with Gasteiger partial charge in [0.2, 0.25) is 5.95 Å². The first-order valence-electron chi connectivity index (χ1n) is 5.89. The van der Waals surface area contributed by atoms with Gasteiger partial charge in [-0.25, -0.2) is 4.98 Å².